The van der Waals surface area contributed by atoms with Crippen molar-refractivity contribution in [2.45, 2.75) is 62.1 Å². The highest BCUT2D eigenvalue weighted by atomic mass is 32.2. The molecular weight excluding hydrogens is 520 g/mol. The highest BCUT2D eigenvalue weighted by Gasteiger charge is 2.37. The molecule has 10 nitrogen and oxygen atoms in total. The molecule has 2 amide bonds. The first-order valence-corrected chi connectivity index (χ1v) is 14.8. The second-order valence-electron chi connectivity index (χ2n) is 10.2. The van der Waals surface area contributed by atoms with Gasteiger partial charge < -0.3 is 15.1 Å². The van der Waals surface area contributed by atoms with Gasteiger partial charge in [-0.05, 0) is 55.9 Å². The predicted molar refractivity (Wildman–Crippen MR) is 143 cm³/mol. The normalized spacial score (nSPS) is 20.3. The molecule has 5 rings (SSSR count). The maximum Gasteiger partial charge on any atom is 0.287 e. The van der Waals surface area contributed by atoms with Gasteiger partial charge in [-0.1, -0.05) is 43.5 Å². The van der Waals surface area contributed by atoms with E-state index in [1.54, 1.807) is 24.3 Å². The molecule has 0 bridgehead atoms. The van der Waals surface area contributed by atoms with E-state index in [-0.39, 0.29) is 29.8 Å². The Morgan fingerprint density at radius 1 is 1.00 bits per heavy atom. The number of sulfonamides is 1. The lowest BCUT2D eigenvalue weighted by molar-refractivity contribution is -0.129. The van der Waals surface area contributed by atoms with Crippen molar-refractivity contribution in [1.29, 1.82) is 0 Å². The maximum absolute atomic E-state index is 13.6. The fraction of sp³-hybridized carbons (Fsp3) is 0.429. The van der Waals surface area contributed by atoms with Crippen LogP contribution in [0.4, 0.5) is 0 Å². The molecule has 2 aromatic heterocycles. The number of benzene rings is 1. The number of nitrogens with one attached hydrogen (secondary N) is 2. The molecule has 11 heteroatoms. The van der Waals surface area contributed by atoms with E-state index in [0.29, 0.717) is 18.4 Å². The van der Waals surface area contributed by atoms with Crippen molar-refractivity contribution in [2.75, 3.05) is 13.1 Å². The van der Waals surface area contributed by atoms with Crippen LogP contribution < -0.4 is 10.6 Å². The minimum atomic E-state index is -3.94. The Labute approximate surface area is 227 Å². The number of para-hydroxylation sites is 1. The Balaban J connectivity index is 1.29. The molecule has 1 aromatic carbocycles. The molecule has 1 aliphatic carbocycles. The van der Waals surface area contributed by atoms with Gasteiger partial charge in [-0.25, -0.2) is 13.4 Å². The molecule has 2 N–H and O–H groups in total. The van der Waals surface area contributed by atoms with Crippen molar-refractivity contribution in [3.05, 3.63) is 60.5 Å². The summed E-state index contributed by atoms with van der Waals surface area (Å²) in [5, 5.41) is 6.37. The van der Waals surface area contributed by atoms with Crippen molar-refractivity contribution >= 4 is 38.6 Å². The quantitative estimate of drug-likeness (QED) is 0.459. The lowest BCUT2D eigenvalue weighted by Gasteiger charge is -2.31. The minimum absolute atomic E-state index is 0.0750. The van der Waals surface area contributed by atoms with Gasteiger partial charge >= 0.3 is 0 Å². The number of amides is 2. The first-order chi connectivity index (χ1) is 18.8. The van der Waals surface area contributed by atoms with Gasteiger partial charge in [-0.2, -0.15) is 4.31 Å². The number of carbonyl (C=O) groups excluding carboxylic acids is 3. The van der Waals surface area contributed by atoms with Crippen LogP contribution in [0.2, 0.25) is 0 Å². The van der Waals surface area contributed by atoms with Gasteiger partial charge in [0.15, 0.2) is 16.6 Å². The summed E-state index contributed by atoms with van der Waals surface area (Å²) < 4.78 is 32.8. The van der Waals surface area contributed by atoms with Crippen LogP contribution in [0.5, 0.6) is 0 Å². The third kappa shape index (κ3) is 6.04. The lowest BCUT2D eigenvalue weighted by atomic mass is 9.83. The third-order valence-corrected chi connectivity index (χ3v) is 9.28. The zero-order chi connectivity index (χ0) is 27.4. The zero-order valence-electron chi connectivity index (χ0n) is 21.5. The third-order valence-electron chi connectivity index (χ3n) is 7.52. The number of ketones is 1. The Morgan fingerprint density at radius 2 is 1.77 bits per heavy atom. The number of nitrogens with zero attached hydrogens (tertiary/aromatic N) is 2. The molecule has 1 unspecified atom stereocenters. The molecule has 0 spiro atoms. The molecule has 0 radical (unpaired) electrons. The van der Waals surface area contributed by atoms with E-state index >= 15 is 0 Å². The summed E-state index contributed by atoms with van der Waals surface area (Å²) in [5.74, 6) is -1.28. The number of hydrogen-bond acceptors (Lipinski definition) is 7. The van der Waals surface area contributed by atoms with Crippen LogP contribution in [0.1, 0.15) is 55.5 Å². The number of fused-ring (bicyclic) bond motifs is 1. The number of hydrogen-bond donors (Lipinski definition) is 2. The van der Waals surface area contributed by atoms with Gasteiger partial charge in [0, 0.05) is 18.1 Å². The van der Waals surface area contributed by atoms with Crippen molar-refractivity contribution in [1.82, 2.24) is 19.9 Å². The fourth-order valence-corrected chi connectivity index (χ4v) is 6.79. The van der Waals surface area contributed by atoms with Gasteiger partial charge in [0.25, 0.3) is 15.9 Å². The average molecular weight is 553 g/mol. The molecule has 1 aliphatic heterocycles. The Kier molecular flexibility index (Phi) is 8.08. The highest BCUT2D eigenvalue weighted by Crippen LogP contribution is 2.28. The molecule has 206 valence electrons. The van der Waals surface area contributed by atoms with Crippen LogP contribution in [-0.4, -0.2) is 60.5 Å². The Hall–Kier alpha value is -3.57. The molecule has 3 aromatic rings. The van der Waals surface area contributed by atoms with Crippen LogP contribution in [0.3, 0.4) is 0 Å². The summed E-state index contributed by atoms with van der Waals surface area (Å²) in [6, 6.07) is 11.8. The smallest absolute Gasteiger partial charge is 0.287 e. The second-order valence-corrected chi connectivity index (χ2v) is 12.1. The Morgan fingerprint density at radius 3 is 2.51 bits per heavy atom. The molecule has 1 saturated heterocycles. The standard InChI is InChI=1S/C28H32N4O6S/c33-22-18-32(39(36,37)25-14-6-7-15-29-25)16-8-12-21(22)30-28(35)26(19-9-2-1-3-10-19)31-27(34)24-17-20-11-4-5-13-23(20)38-24/h4-7,11,13-15,17,19,21,26H,1-3,8-10,12,16,18H2,(H,30,35)(H,31,34)/t21?,26-/m0/s1. The second kappa shape index (κ2) is 11.7. The number of pyridine rings is 1. The molecule has 2 aliphatic rings. The summed E-state index contributed by atoms with van der Waals surface area (Å²) in [4.78, 5) is 43.8. The monoisotopic (exact) mass is 552 g/mol. The molecule has 2 fully saturated rings. The lowest BCUT2D eigenvalue weighted by Crippen LogP contribution is -2.55. The number of rotatable bonds is 7. The maximum atomic E-state index is 13.6. The average Bonchev–Trinajstić information content (AvgIpc) is 3.31. The van der Waals surface area contributed by atoms with Crippen LogP contribution in [-0.2, 0) is 19.6 Å². The molecular formula is C28H32N4O6S. The number of furan rings is 1. The Bertz CT molecular complexity index is 1420. The van der Waals surface area contributed by atoms with Crippen LogP contribution in [0.25, 0.3) is 11.0 Å². The van der Waals surface area contributed by atoms with Crippen LogP contribution in [0, 0.1) is 5.92 Å². The topological polar surface area (TPSA) is 139 Å². The molecule has 39 heavy (non-hydrogen) atoms. The summed E-state index contributed by atoms with van der Waals surface area (Å²) >= 11 is 0. The first kappa shape index (κ1) is 27.0. The van der Waals surface area contributed by atoms with Gasteiger partial charge in [-0.15, -0.1) is 0 Å². The van der Waals surface area contributed by atoms with E-state index < -0.39 is 39.7 Å². The SMILES string of the molecule is O=C(N[C@H](C(=O)NC1CCCN(S(=O)(=O)c2ccccn2)CC1=O)C1CCCCC1)c1cc2ccccc2o1. The molecule has 3 heterocycles. The van der Waals surface area contributed by atoms with E-state index in [0.717, 1.165) is 41.8 Å². The highest BCUT2D eigenvalue weighted by molar-refractivity contribution is 7.89. The minimum Gasteiger partial charge on any atom is -0.451 e. The number of Topliss-reactive ketones (excluding diaryl/α,β-unsaturated/α-hetero) is 1. The van der Waals surface area contributed by atoms with Crippen LogP contribution in [0.15, 0.2) is 64.2 Å². The zero-order valence-corrected chi connectivity index (χ0v) is 22.4. The van der Waals surface area contributed by atoms with Crippen molar-refractivity contribution < 1.29 is 27.2 Å². The van der Waals surface area contributed by atoms with E-state index in [9.17, 15) is 22.8 Å². The van der Waals surface area contributed by atoms with Crippen LogP contribution >= 0.6 is 0 Å². The molecule has 2 atom stereocenters. The van der Waals surface area contributed by atoms with Gasteiger partial charge in [0.1, 0.15) is 11.6 Å². The molecule has 1 saturated carbocycles. The summed E-state index contributed by atoms with van der Waals surface area (Å²) in [6.07, 6.45) is 6.64. The van der Waals surface area contributed by atoms with E-state index in [2.05, 4.69) is 15.6 Å². The first-order valence-electron chi connectivity index (χ1n) is 13.4. The van der Waals surface area contributed by atoms with Crippen molar-refractivity contribution in [2.24, 2.45) is 5.92 Å². The summed E-state index contributed by atoms with van der Waals surface area (Å²) in [5.41, 5.74) is 0.579. The van der Waals surface area contributed by atoms with E-state index in [4.69, 9.17) is 4.42 Å². The summed E-state index contributed by atoms with van der Waals surface area (Å²) in [7, 11) is -3.94. The van der Waals surface area contributed by atoms with Gasteiger partial charge in [-0.3, -0.25) is 14.4 Å². The summed E-state index contributed by atoms with van der Waals surface area (Å²) in [6.45, 7) is -0.213. The largest absolute Gasteiger partial charge is 0.451 e. The van der Waals surface area contributed by atoms with E-state index in [1.807, 2.05) is 18.2 Å². The van der Waals surface area contributed by atoms with Crippen molar-refractivity contribution in [3.63, 3.8) is 0 Å². The van der Waals surface area contributed by atoms with Crippen molar-refractivity contribution in [3.8, 4) is 0 Å². The predicted octanol–water partition coefficient (Wildman–Crippen LogP) is 3.05. The van der Waals surface area contributed by atoms with Gasteiger partial charge in [0.05, 0.1) is 12.6 Å². The fourth-order valence-electron chi connectivity index (χ4n) is 5.42. The number of aromatic nitrogens is 1. The van der Waals surface area contributed by atoms with Gasteiger partial charge in [0.2, 0.25) is 5.91 Å². The number of carbonyl (C=O) groups is 3. The van der Waals surface area contributed by atoms with E-state index in [1.165, 1.54) is 12.3 Å².